The van der Waals surface area contributed by atoms with Gasteiger partial charge in [0.25, 0.3) is 0 Å². The van der Waals surface area contributed by atoms with Gasteiger partial charge in [0.2, 0.25) is 5.95 Å². The van der Waals surface area contributed by atoms with E-state index in [4.69, 9.17) is 19.4 Å². The average molecular weight is 447 g/mol. The molecule has 0 atom stereocenters. The quantitative estimate of drug-likeness (QED) is 0.528. The van der Waals surface area contributed by atoms with Gasteiger partial charge in [-0.1, -0.05) is 30.4 Å². The number of anilines is 2. The topological polar surface area (TPSA) is 110 Å². The number of hydrogen-bond donors (Lipinski definition) is 2. The van der Waals surface area contributed by atoms with Crippen LogP contribution in [0.3, 0.4) is 0 Å². The molecule has 3 heterocycles. The third-order valence-corrected chi connectivity index (χ3v) is 5.85. The van der Waals surface area contributed by atoms with Gasteiger partial charge in [0, 0.05) is 32.3 Å². The van der Waals surface area contributed by atoms with Crippen molar-refractivity contribution in [3.05, 3.63) is 47.2 Å². The van der Waals surface area contributed by atoms with Crippen molar-refractivity contribution in [2.45, 2.75) is 6.42 Å². The fraction of sp³-hybridized carbons (Fsp3) is 0.333. The Balaban J connectivity index is 1.77. The first-order chi connectivity index (χ1) is 16.2. The van der Waals surface area contributed by atoms with Crippen LogP contribution in [0.25, 0.3) is 28.4 Å². The minimum absolute atomic E-state index is 0.0606. The second kappa shape index (κ2) is 9.13. The van der Waals surface area contributed by atoms with Gasteiger partial charge in [-0.3, -0.25) is 0 Å². The van der Waals surface area contributed by atoms with E-state index in [0.717, 1.165) is 17.5 Å². The molecule has 5 rings (SSSR count). The Labute approximate surface area is 191 Å². The van der Waals surface area contributed by atoms with Crippen LogP contribution in [0.2, 0.25) is 0 Å². The number of ether oxygens (including phenoxy) is 2. The molecule has 2 N–H and O–H groups in total. The summed E-state index contributed by atoms with van der Waals surface area (Å²) < 4.78 is 10.7. The maximum absolute atomic E-state index is 11.9. The SMILES string of the molecule is COCCNc1cc(C(=O)O)nc2c(-c3cccc4c3C=CC4)nc(N3CCOCC3)nc12. The monoisotopic (exact) mass is 447 g/mol. The number of morpholine rings is 1. The van der Waals surface area contributed by atoms with Gasteiger partial charge in [0.1, 0.15) is 16.7 Å². The van der Waals surface area contributed by atoms with Crippen molar-refractivity contribution < 1.29 is 19.4 Å². The highest BCUT2D eigenvalue weighted by atomic mass is 16.5. The molecule has 0 radical (unpaired) electrons. The predicted molar refractivity (Wildman–Crippen MR) is 126 cm³/mol. The number of aromatic nitrogens is 3. The second-order valence-corrected chi connectivity index (χ2v) is 7.93. The number of fused-ring (bicyclic) bond motifs is 2. The summed E-state index contributed by atoms with van der Waals surface area (Å²) >= 11 is 0. The first-order valence-corrected chi connectivity index (χ1v) is 11.0. The van der Waals surface area contributed by atoms with E-state index in [9.17, 15) is 9.90 Å². The number of benzene rings is 1. The van der Waals surface area contributed by atoms with Gasteiger partial charge in [-0.05, 0) is 23.6 Å². The zero-order valence-electron chi connectivity index (χ0n) is 18.4. The van der Waals surface area contributed by atoms with Crippen LogP contribution < -0.4 is 10.2 Å². The summed E-state index contributed by atoms with van der Waals surface area (Å²) in [6.07, 6.45) is 5.07. The number of nitrogens with one attached hydrogen (secondary N) is 1. The lowest BCUT2D eigenvalue weighted by Crippen LogP contribution is -2.37. The van der Waals surface area contributed by atoms with Gasteiger partial charge in [0.05, 0.1) is 25.5 Å². The summed E-state index contributed by atoms with van der Waals surface area (Å²) in [6.45, 7) is 3.56. The van der Waals surface area contributed by atoms with Crippen LogP contribution in [0.5, 0.6) is 0 Å². The van der Waals surface area contributed by atoms with E-state index in [0.29, 0.717) is 67.8 Å². The van der Waals surface area contributed by atoms with Crippen molar-refractivity contribution >= 4 is 34.7 Å². The molecular weight excluding hydrogens is 422 g/mol. The Kier molecular flexibility index (Phi) is 5.89. The van der Waals surface area contributed by atoms with Crippen molar-refractivity contribution in [1.29, 1.82) is 0 Å². The second-order valence-electron chi connectivity index (χ2n) is 7.93. The van der Waals surface area contributed by atoms with Crippen LogP contribution in [-0.2, 0) is 15.9 Å². The lowest BCUT2D eigenvalue weighted by Gasteiger charge is -2.27. The number of hydrogen-bond acceptors (Lipinski definition) is 8. The van der Waals surface area contributed by atoms with E-state index in [-0.39, 0.29) is 5.69 Å². The van der Waals surface area contributed by atoms with Gasteiger partial charge in [-0.25, -0.2) is 19.7 Å². The number of allylic oxidation sites excluding steroid dienone is 1. The molecule has 1 saturated heterocycles. The summed E-state index contributed by atoms with van der Waals surface area (Å²) in [7, 11) is 1.62. The highest BCUT2D eigenvalue weighted by molar-refractivity contribution is 6.02. The fourth-order valence-electron chi connectivity index (χ4n) is 4.22. The standard InChI is InChI=1S/C24H25N5O4/c1-32-11-8-25-18-14-19(23(30)31)26-22-20(17-7-3-5-15-4-2-6-16(15)17)27-24(28-21(18)22)29-9-12-33-13-10-29/h2-3,5-7,14H,4,8-13H2,1H3,(H,25,26)(H,30,31). The van der Waals surface area contributed by atoms with Crippen molar-refractivity contribution in [3.63, 3.8) is 0 Å². The number of pyridine rings is 1. The molecular formula is C24H25N5O4. The smallest absolute Gasteiger partial charge is 0.354 e. The number of aromatic carboxylic acids is 1. The first-order valence-electron chi connectivity index (χ1n) is 11.0. The lowest BCUT2D eigenvalue weighted by molar-refractivity contribution is 0.0691. The minimum Gasteiger partial charge on any atom is -0.477 e. The molecule has 33 heavy (non-hydrogen) atoms. The highest BCUT2D eigenvalue weighted by Gasteiger charge is 2.23. The van der Waals surface area contributed by atoms with E-state index >= 15 is 0 Å². The molecule has 170 valence electrons. The van der Waals surface area contributed by atoms with E-state index in [1.54, 1.807) is 7.11 Å². The molecule has 0 amide bonds. The third kappa shape index (κ3) is 4.12. The van der Waals surface area contributed by atoms with Gasteiger partial charge >= 0.3 is 5.97 Å². The van der Waals surface area contributed by atoms with Crippen molar-refractivity contribution in [2.24, 2.45) is 0 Å². The Morgan fingerprint density at radius 1 is 1.21 bits per heavy atom. The summed E-state index contributed by atoms with van der Waals surface area (Å²) in [5.41, 5.74) is 5.42. The number of rotatable bonds is 7. The van der Waals surface area contributed by atoms with Crippen LogP contribution in [0.15, 0.2) is 30.3 Å². The molecule has 1 aliphatic carbocycles. The van der Waals surface area contributed by atoms with Crippen LogP contribution in [-0.4, -0.2) is 72.6 Å². The molecule has 9 nitrogen and oxygen atoms in total. The van der Waals surface area contributed by atoms with E-state index in [2.05, 4.69) is 33.4 Å². The Morgan fingerprint density at radius 2 is 2.06 bits per heavy atom. The van der Waals surface area contributed by atoms with Crippen LogP contribution in [0.4, 0.5) is 11.6 Å². The van der Waals surface area contributed by atoms with Crippen LogP contribution >= 0.6 is 0 Å². The van der Waals surface area contributed by atoms with Gasteiger partial charge in [-0.15, -0.1) is 0 Å². The van der Waals surface area contributed by atoms with Gasteiger partial charge < -0.3 is 24.8 Å². The van der Waals surface area contributed by atoms with E-state index in [1.165, 1.54) is 11.6 Å². The molecule has 0 unspecified atom stereocenters. The van der Waals surface area contributed by atoms with Gasteiger partial charge in [0.15, 0.2) is 5.69 Å². The van der Waals surface area contributed by atoms with Crippen molar-refractivity contribution in [1.82, 2.24) is 15.0 Å². The Morgan fingerprint density at radius 3 is 2.85 bits per heavy atom. The largest absolute Gasteiger partial charge is 0.477 e. The first kappa shape index (κ1) is 21.3. The third-order valence-electron chi connectivity index (χ3n) is 5.85. The van der Waals surface area contributed by atoms with Crippen molar-refractivity contribution in [2.75, 3.05) is 56.8 Å². The Hall–Kier alpha value is -3.56. The molecule has 0 saturated carbocycles. The average Bonchev–Trinajstić information content (AvgIpc) is 3.33. The minimum atomic E-state index is -1.10. The normalized spacial score (nSPS) is 15.1. The van der Waals surface area contributed by atoms with E-state index in [1.807, 2.05) is 12.1 Å². The van der Waals surface area contributed by atoms with E-state index < -0.39 is 5.97 Å². The number of carboxylic acids is 1. The summed E-state index contributed by atoms with van der Waals surface area (Å²) in [4.78, 5) is 28.2. The Bertz CT molecular complexity index is 1240. The maximum Gasteiger partial charge on any atom is 0.354 e. The number of carbonyl (C=O) groups is 1. The lowest BCUT2D eigenvalue weighted by atomic mass is 9.99. The molecule has 2 aromatic heterocycles. The zero-order chi connectivity index (χ0) is 22.8. The molecule has 9 heteroatoms. The molecule has 0 bridgehead atoms. The zero-order valence-corrected chi connectivity index (χ0v) is 18.4. The number of nitrogens with zero attached hydrogens (tertiary/aromatic N) is 4. The fourth-order valence-corrected chi connectivity index (χ4v) is 4.22. The molecule has 1 aromatic carbocycles. The molecule has 3 aromatic rings. The number of carboxylic acid groups (broad SMARTS) is 1. The molecule has 1 aliphatic heterocycles. The van der Waals surface area contributed by atoms with Crippen LogP contribution in [0.1, 0.15) is 21.6 Å². The highest BCUT2D eigenvalue weighted by Crippen LogP contribution is 2.36. The van der Waals surface area contributed by atoms with Gasteiger partial charge in [-0.2, -0.15) is 0 Å². The maximum atomic E-state index is 11.9. The van der Waals surface area contributed by atoms with Crippen molar-refractivity contribution in [3.8, 4) is 11.3 Å². The molecule has 0 spiro atoms. The predicted octanol–water partition coefficient (Wildman–Crippen LogP) is 2.85. The van der Waals surface area contributed by atoms with Crippen LogP contribution in [0, 0.1) is 0 Å². The molecule has 1 fully saturated rings. The summed E-state index contributed by atoms with van der Waals surface area (Å²) in [5.74, 6) is -0.520. The number of methoxy groups -OCH3 is 1. The molecule has 2 aliphatic rings. The summed E-state index contributed by atoms with van der Waals surface area (Å²) in [6, 6.07) is 7.63. The summed E-state index contributed by atoms with van der Waals surface area (Å²) in [5, 5.41) is 13.0.